The van der Waals surface area contributed by atoms with Crippen molar-refractivity contribution in [2.45, 2.75) is 52.7 Å². The first-order valence-electron chi connectivity index (χ1n) is 8.11. The number of rotatable bonds is 7. The van der Waals surface area contributed by atoms with Crippen LogP contribution in [0.5, 0.6) is 0 Å². The van der Waals surface area contributed by atoms with Crippen LogP contribution in [-0.4, -0.2) is 19.3 Å². The highest BCUT2D eigenvalue weighted by Gasteiger charge is 2.31. The van der Waals surface area contributed by atoms with Gasteiger partial charge in [0.05, 0.1) is 12.7 Å². The molecule has 1 heterocycles. The summed E-state index contributed by atoms with van der Waals surface area (Å²) in [6, 6.07) is 2.18. The molecular formula is C17H28BrNOS. The quantitative estimate of drug-likeness (QED) is 0.672. The maximum Gasteiger partial charge on any atom is 0.0608 e. The first-order valence-corrected chi connectivity index (χ1v) is 9.78. The zero-order valence-electron chi connectivity index (χ0n) is 13.4. The van der Waals surface area contributed by atoms with E-state index in [0.717, 1.165) is 37.5 Å². The maximum absolute atomic E-state index is 6.20. The molecule has 1 aliphatic carbocycles. The van der Waals surface area contributed by atoms with E-state index in [9.17, 15) is 0 Å². The van der Waals surface area contributed by atoms with Crippen LogP contribution in [0.1, 0.15) is 44.9 Å². The first kappa shape index (κ1) is 17.5. The summed E-state index contributed by atoms with van der Waals surface area (Å²) >= 11 is 5.28. The Morgan fingerprint density at radius 3 is 2.90 bits per heavy atom. The summed E-state index contributed by atoms with van der Waals surface area (Å²) in [7, 11) is 0. The Bertz CT molecular complexity index is 421. The predicted molar refractivity (Wildman–Crippen MR) is 94.8 cm³/mol. The van der Waals surface area contributed by atoms with Crippen LogP contribution in [0.2, 0.25) is 0 Å². The van der Waals surface area contributed by atoms with Crippen LogP contribution in [0.15, 0.2) is 15.9 Å². The fraction of sp³-hybridized carbons (Fsp3) is 0.765. The molecule has 2 nitrogen and oxygen atoms in total. The molecule has 1 aromatic rings. The van der Waals surface area contributed by atoms with Crippen LogP contribution in [0, 0.1) is 17.8 Å². The molecule has 0 aromatic carbocycles. The number of nitrogens with one attached hydrogen (secondary N) is 1. The molecule has 0 bridgehead atoms. The minimum Gasteiger partial charge on any atom is -0.377 e. The fourth-order valence-corrected chi connectivity index (χ4v) is 4.67. The van der Waals surface area contributed by atoms with Gasteiger partial charge in [-0.25, -0.2) is 0 Å². The van der Waals surface area contributed by atoms with E-state index >= 15 is 0 Å². The normalized spacial score (nSPS) is 26.4. The summed E-state index contributed by atoms with van der Waals surface area (Å²) in [5.74, 6) is 2.30. The van der Waals surface area contributed by atoms with Crippen LogP contribution in [0.3, 0.4) is 0 Å². The van der Waals surface area contributed by atoms with Gasteiger partial charge in [0.25, 0.3) is 0 Å². The molecule has 120 valence electrons. The zero-order valence-corrected chi connectivity index (χ0v) is 15.8. The number of halogens is 1. The number of hydrogen-bond donors (Lipinski definition) is 1. The summed E-state index contributed by atoms with van der Waals surface area (Å²) < 4.78 is 7.38. The van der Waals surface area contributed by atoms with Gasteiger partial charge in [0.2, 0.25) is 0 Å². The second kappa shape index (κ2) is 8.66. The van der Waals surface area contributed by atoms with Crippen molar-refractivity contribution in [1.82, 2.24) is 5.32 Å². The Morgan fingerprint density at radius 2 is 2.24 bits per heavy atom. The molecule has 0 spiro atoms. The summed E-state index contributed by atoms with van der Waals surface area (Å²) in [6.07, 6.45) is 4.40. The topological polar surface area (TPSA) is 21.3 Å². The molecule has 0 saturated heterocycles. The summed E-state index contributed by atoms with van der Waals surface area (Å²) in [5, 5.41) is 5.60. The molecule has 0 radical (unpaired) electrons. The molecule has 1 N–H and O–H groups in total. The molecule has 0 amide bonds. The highest BCUT2D eigenvalue weighted by atomic mass is 79.9. The van der Waals surface area contributed by atoms with Gasteiger partial charge in [-0.2, -0.15) is 0 Å². The van der Waals surface area contributed by atoms with Crippen molar-refractivity contribution in [1.29, 1.82) is 0 Å². The van der Waals surface area contributed by atoms with Gasteiger partial charge in [-0.1, -0.05) is 27.2 Å². The fourth-order valence-electron chi connectivity index (χ4n) is 3.25. The minimum atomic E-state index is 0.464. The van der Waals surface area contributed by atoms with Gasteiger partial charge in [-0.3, -0.25) is 0 Å². The van der Waals surface area contributed by atoms with E-state index in [4.69, 9.17) is 4.74 Å². The van der Waals surface area contributed by atoms with Crippen molar-refractivity contribution < 1.29 is 4.74 Å². The Hall–Kier alpha value is 0.1000. The van der Waals surface area contributed by atoms with E-state index in [-0.39, 0.29) is 0 Å². The molecule has 3 atom stereocenters. The van der Waals surface area contributed by atoms with Crippen molar-refractivity contribution >= 4 is 27.3 Å². The van der Waals surface area contributed by atoms with Gasteiger partial charge in [-0.05, 0) is 52.6 Å². The first-order chi connectivity index (χ1) is 10.1. The van der Waals surface area contributed by atoms with Crippen LogP contribution in [0.25, 0.3) is 0 Å². The molecule has 1 fully saturated rings. The molecule has 21 heavy (non-hydrogen) atoms. The van der Waals surface area contributed by atoms with E-state index in [0.29, 0.717) is 6.10 Å². The summed E-state index contributed by atoms with van der Waals surface area (Å²) in [5.41, 5.74) is 0. The summed E-state index contributed by atoms with van der Waals surface area (Å²) in [4.78, 5) is 1.37. The number of ether oxygens (including phenoxy) is 1. The molecule has 1 aliphatic rings. The molecule has 1 saturated carbocycles. The van der Waals surface area contributed by atoms with Crippen molar-refractivity contribution in [2.75, 3.05) is 13.2 Å². The van der Waals surface area contributed by atoms with Crippen molar-refractivity contribution in [3.8, 4) is 0 Å². The third kappa shape index (κ3) is 5.66. The number of hydrogen-bond acceptors (Lipinski definition) is 3. The number of thiophene rings is 1. The smallest absolute Gasteiger partial charge is 0.0608 e. The van der Waals surface area contributed by atoms with Gasteiger partial charge < -0.3 is 10.1 Å². The van der Waals surface area contributed by atoms with Crippen molar-refractivity contribution in [3.05, 3.63) is 20.8 Å². The van der Waals surface area contributed by atoms with Crippen LogP contribution >= 0.6 is 27.3 Å². The monoisotopic (exact) mass is 373 g/mol. The van der Waals surface area contributed by atoms with Crippen molar-refractivity contribution in [2.24, 2.45) is 17.8 Å². The Labute approximate surface area is 141 Å². The Kier molecular flexibility index (Phi) is 7.20. The Balaban J connectivity index is 1.66. The lowest BCUT2D eigenvalue weighted by Gasteiger charge is -2.37. The third-order valence-electron chi connectivity index (χ3n) is 4.49. The Morgan fingerprint density at radius 1 is 1.43 bits per heavy atom. The highest BCUT2D eigenvalue weighted by molar-refractivity contribution is 9.10. The van der Waals surface area contributed by atoms with Gasteiger partial charge in [-0.15, -0.1) is 11.3 Å². The SMILES string of the molecule is CC1CCC(C(C)C)C(OCCNCc2cc(Br)cs2)C1. The van der Waals surface area contributed by atoms with E-state index in [1.54, 1.807) is 11.3 Å². The largest absolute Gasteiger partial charge is 0.377 e. The molecule has 3 unspecified atom stereocenters. The average molecular weight is 374 g/mol. The van der Waals surface area contributed by atoms with Crippen molar-refractivity contribution in [3.63, 3.8) is 0 Å². The third-order valence-corrected chi connectivity index (χ3v) is 6.19. The molecular weight excluding hydrogens is 346 g/mol. The predicted octanol–water partition coefficient (Wildman–Crippen LogP) is 5.08. The maximum atomic E-state index is 6.20. The lowest BCUT2D eigenvalue weighted by Crippen LogP contribution is -2.35. The molecule has 1 aromatic heterocycles. The zero-order chi connectivity index (χ0) is 15.2. The van der Waals surface area contributed by atoms with E-state index < -0.39 is 0 Å². The second-order valence-electron chi connectivity index (χ2n) is 6.64. The van der Waals surface area contributed by atoms with Gasteiger partial charge in [0.1, 0.15) is 0 Å². The standard InChI is InChI=1S/C17H28BrNOS/c1-12(2)16-5-4-13(3)8-17(16)20-7-6-19-10-15-9-14(18)11-21-15/h9,11-13,16-17,19H,4-8,10H2,1-3H3. The van der Waals surface area contributed by atoms with E-state index in [1.807, 2.05) is 0 Å². The molecule has 4 heteroatoms. The van der Waals surface area contributed by atoms with Gasteiger partial charge >= 0.3 is 0 Å². The van der Waals surface area contributed by atoms with E-state index in [2.05, 4.69) is 53.5 Å². The lowest BCUT2D eigenvalue weighted by atomic mass is 9.75. The second-order valence-corrected chi connectivity index (χ2v) is 8.55. The van der Waals surface area contributed by atoms with Gasteiger partial charge in [0.15, 0.2) is 0 Å². The van der Waals surface area contributed by atoms with E-state index in [1.165, 1.54) is 28.6 Å². The minimum absolute atomic E-state index is 0.464. The average Bonchev–Trinajstić information content (AvgIpc) is 2.84. The highest BCUT2D eigenvalue weighted by Crippen LogP contribution is 2.35. The van der Waals surface area contributed by atoms with Crippen LogP contribution in [-0.2, 0) is 11.3 Å². The molecule has 0 aliphatic heterocycles. The van der Waals surface area contributed by atoms with Gasteiger partial charge in [0, 0.05) is 27.8 Å². The summed E-state index contributed by atoms with van der Waals surface area (Å²) in [6.45, 7) is 9.74. The van der Waals surface area contributed by atoms with Crippen LogP contribution < -0.4 is 5.32 Å². The molecule has 2 rings (SSSR count). The lowest BCUT2D eigenvalue weighted by molar-refractivity contribution is -0.0367. The van der Waals surface area contributed by atoms with Crippen LogP contribution in [0.4, 0.5) is 0 Å².